The van der Waals surface area contributed by atoms with E-state index >= 15 is 0 Å². The summed E-state index contributed by atoms with van der Waals surface area (Å²) in [5, 5.41) is 21.5. The maximum Gasteiger partial charge on any atom is 0.269 e. The highest BCUT2D eigenvalue weighted by molar-refractivity contribution is 7.93. The minimum Gasteiger partial charge on any atom is -0.280 e. The third-order valence-electron chi connectivity index (χ3n) is 5.54. The zero-order valence-electron chi connectivity index (χ0n) is 19.9. The number of nitro benzene ring substituents is 2. The first-order chi connectivity index (χ1) is 18.4. The highest BCUT2D eigenvalue weighted by Crippen LogP contribution is 2.22. The van der Waals surface area contributed by atoms with Crippen molar-refractivity contribution in [3.8, 4) is 0 Å². The molecule has 0 fully saturated rings. The van der Waals surface area contributed by atoms with Gasteiger partial charge >= 0.3 is 0 Å². The van der Waals surface area contributed by atoms with Gasteiger partial charge in [0.2, 0.25) is 0 Å². The lowest BCUT2D eigenvalue weighted by Gasteiger charge is -2.10. The standard InChI is InChI=1S/C25H20N4O8S2/c30-28(31)22-9-13-24(14-10-22)38(34,35)26-20-5-1-18(2-6-20)17-19-3-7-21(8-4-19)27-39(36,37)25-15-11-23(12-16-25)29(32)33/h1-16,26-27H,17H2. The van der Waals surface area contributed by atoms with Crippen molar-refractivity contribution in [3.63, 3.8) is 0 Å². The van der Waals surface area contributed by atoms with Gasteiger partial charge < -0.3 is 0 Å². The minimum absolute atomic E-state index is 0.110. The summed E-state index contributed by atoms with van der Waals surface area (Å²) in [7, 11) is -7.86. The van der Waals surface area contributed by atoms with Crippen molar-refractivity contribution in [1.29, 1.82) is 0 Å². The Hall–Kier alpha value is -4.82. The van der Waals surface area contributed by atoms with Crippen LogP contribution in [0.3, 0.4) is 0 Å². The number of non-ortho nitro benzene ring substituents is 2. The van der Waals surface area contributed by atoms with E-state index in [-0.39, 0.29) is 21.2 Å². The molecule has 0 saturated carbocycles. The first kappa shape index (κ1) is 27.2. The second-order valence-electron chi connectivity index (χ2n) is 8.28. The Bertz CT molecular complexity index is 1590. The molecule has 0 amide bonds. The smallest absolute Gasteiger partial charge is 0.269 e. The van der Waals surface area contributed by atoms with Crippen LogP contribution < -0.4 is 9.44 Å². The first-order valence-electron chi connectivity index (χ1n) is 11.2. The molecule has 0 aliphatic carbocycles. The molecule has 200 valence electrons. The van der Waals surface area contributed by atoms with E-state index in [2.05, 4.69) is 9.44 Å². The maximum atomic E-state index is 12.6. The average Bonchev–Trinajstić information content (AvgIpc) is 2.90. The quantitative estimate of drug-likeness (QED) is 0.204. The van der Waals surface area contributed by atoms with Crippen LogP contribution in [-0.4, -0.2) is 26.7 Å². The highest BCUT2D eigenvalue weighted by atomic mass is 32.2. The zero-order chi connectivity index (χ0) is 28.2. The number of nitro groups is 2. The van der Waals surface area contributed by atoms with Crippen molar-refractivity contribution in [1.82, 2.24) is 0 Å². The molecule has 0 radical (unpaired) electrons. The number of nitrogens with one attached hydrogen (secondary N) is 2. The van der Waals surface area contributed by atoms with Gasteiger partial charge in [-0.3, -0.25) is 29.7 Å². The predicted octanol–water partition coefficient (Wildman–Crippen LogP) is 4.70. The van der Waals surface area contributed by atoms with E-state index in [1.807, 2.05) is 0 Å². The molecule has 4 rings (SSSR count). The number of hydrogen-bond donors (Lipinski definition) is 2. The highest BCUT2D eigenvalue weighted by Gasteiger charge is 2.17. The van der Waals surface area contributed by atoms with Crippen LogP contribution in [0.5, 0.6) is 0 Å². The molecule has 0 aliphatic rings. The number of rotatable bonds is 10. The number of hydrogen-bond acceptors (Lipinski definition) is 8. The molecule has 0 bridgehead atoms. The molecule has 12 nitrogen and oxygen atoms in total. The molecule has 0 spiro atoms. The summed E-state index contributed by atoms with van der Waals surface area (Å²) >= 11 is 0. The summed E-state index contributed by atoms with van der Waals surface area (Å²) in [6.45, 7) is 0. The van der Waals surface area contributed by atoms with Crippen LogP contribution >= 0.6 is 0 Å². The first-order valence-corrected chi connectivity index (χ1v) is 14.1. The van der Waals surface area contributed by atoms with Gasteiger partial charge in [0, 0.05) is 35.6 Å². The van der Waals surface area contributed by atoms with Gasteiger partial charge in [0.25, 0.3) is 31.4 Å². The molecular weight excluding hydrogens is 548 g/mol. The zero-order valence-corrected chi connectivity index (χ0v) is 21.6. The lowest BCUT2D eigenvalue weighted by Crippen LogP contribution is -2.13. The molecule has 0 atom stereocenters. The number of nitrogens with zero attached hydrogens (tertiary/aromatic N) is 2. The molecule has 0 aliphatic heterocycles. The molecule has 4 aromatic rings. The summed E-state index contributed by atoms with van der Waals surface area (Å²) < 4.78 is 55.1. The fourth-order valence-electron chi connectivity index (χ4n) is 3.54. The van der Waals surface area contributed by atoms with Crippen LogP contribution in [0.1, 0.15) is 11.1 Å². The lowest BCUT2D eigenvalue weighted by atomic mass is 10.0. The summed E-state index contributed by atoms with van der Waals surface area (Å²) in [6.07, 6.45) is 0.491. The Morgan fingerprint density at radius 3 is 1.10 bits per heavy atom. The number of sulfonamides is 2. The van der Waals surface area contributed by atoms with Crippen LogP contribution in [0.2, 0.25) is 0 Å². The Kier molecular flexibility index (Phi) is 7.60. The Balaban J connectivity index is 1.38. The van der Waals surface area contributed by atoms with Gasteiger partial charge in [-0.25, -0.2) is 16.8 Å². The number of benzene rings is 4. The third kappa shape index (κ3) is 6.74. The molecule has 0 heterocycles. The second-order valence-corrected chi connectivity index (χ2v) is 11.6. The monoisotopic (exact) mass is 568 g/mol. The Labute approximate surface area is 223 Å². The van der Waals surface area contributed by atoms with Crippen molar-refractivity contribution >= 4 is 42.8 Å². The van der Waals surface area contributed by atoms with Crippen molar-refractivity contribution in [3.05, 3.63) is 128 Å². The van der Waals surface area contributed by atoms with Gasteiger partial charge in [-0.05, 0) is 66.1 Å². The van der Waals surface area contributed by atoms with Gasteiger partial charge in [-0.1, -0.05) is 24.3 Å². The van der Waals surface area contributed by atoms with Crippen LogP contribution in [0.25, 0.3) is 0 Å². The SMILES string of the molecule is O=[N+]([O-])c1ccc(S(=O)(=O)Nc2ccc(Cc3ccc(NS(=O)(=O)c4ccc([N+](=O)[O-])cc4)cc3)cc2)cc1. The van der Waals surface area contributed by atoms with E-state index < -0.39 is 29.9 Å². The van der Waals surface area contributed by atoms with Crippen molar-refractivity contribution in [2.75, 3.05) is 9.44 Å². The summed E-state index contributed by atoms with van der Waals surface area (Å²) in [4.78, 5) is 20.1. The van der Waals surface area contributed by atoms with Crippen LogP contribution in [-0.2, 0) is 26.5 Å². The maximum absolute atomic E-state index is 12.6. The molecule has 2 N–H and O–H groups in total. The summed E-state index contributed by atoms with van der Waals surface area (Å²) in [5.41, 5.74) is 1.93. The van der Waals surface area contributed by atoms with E-state index in [1.54, 1.807) is 48.5 Å². The Morgan fingerprint density at radius 2 is 0.821 bits per heavy atom. The van der Waals surface area contributed by atoms with E-state index in [4.69, 9.17) is 0 Å². The van der Waals surface area contributed by atoms with Gasteiger partial charge in [-0.15, -0.1) is 0 Å². The molecule has 0 unspecified atom stereocenters. The fraction of sp³-hybridized carbons (Fsp3) is 0.0400. The molecule has 39 heavy (non-hydrogen) atoms. The van der Waals surface area contributed by atoms with E-state index in [9.17, 15) is 37.1 Å². The minimum atomic E-state index is -3.93. The van der Waals surface area contributed by atoms with Gasteiger partial charge in [-0.2, -0.15) is 0 Å². The summed E-state index contributed by atoms with van der Waals surface area (Å²) in [5.74, 6) is 0. The van der Waals surface area contributed by atoms with Crippen molar-refractivity contribution in [2.24, 2.45) is 0 Å². The van der Waals surface area contributed by atoms with E-state index in [0.29, 0.717) is 17.8 Å². The van der Waals surface area contributed by atoms with Gasteiger partial charge in [0.15, 0.2) is 0 Å². The third-order valence-corrected chi connectivity index (χ3v) is 8.33. The van der Waals surface area contributed by atoms with Crippen LogP contribution in [0.15, 0.2) is 107 Å². The fourth-order valence-corrected chi connectivity index (χ4v) is 5.66. The lowest BCUT2D eigenvalue weighted by molar-refractivity contribution is -0.385. The Morgan fingerprint density at radius 1 is 0.513 bits per heavy atom. The van der Waals surface area contributed by atoms with Gasteiger partial charge in [0.1, 0.15) is 0 Å². The van der Waals surface area contributed by atoms with E-state index in [1.165, 1.54) is 0 Å². The van der Waals surface area contributed by atoms with Crippen LogP contribution in [0, 0.1) is 20.2 Å². The van der Waals surface area contributed by atoms with Crippen LogP contribution in [0.4, 0.5) is 22.7 Å². The normalized spacial score (nSPS) is 11.5. The number of anilines is 2. The predicted molar refractivity (Wildman–Crippen MR) is 143 cm³/mol. The van der Waals surface area contributed by atoms with Crippen molar-refractivity contribution < 1.29 is 26.7 Å². The molecule has 0 aromatic heterocycles. The molecule has 0 saturated heterocycles. The molecule has 4 aromatic carbocycles. The molecule has 14 heteroatoms. The van der Waals surface area contributed by atoms with Crippen molar-refractivity contribution in [2.45, 2.75) is 16.2 Å². The molecular formula is C25H20N4O8S2. The second kappa shape index (κ2) is 10.9. The van der Waals surface area contributed by atoms with E-state index in [0.717, 1.165) is 59.7 Å². The summed E-state index contributed by atoms with van der Waals surface area (Å²) in [6, 6.07) is 22.4. The topological polar surface area (TPSA) is 179 Å². The average molecular weight is 569 g/mol. The van der Waals surface area contributed by atoms with Gasteiger partial charge in [0.05, 0.1) is 19.6 Å². The largest absolute Gasteiger partial charge is 0.280 e.